The van der Waals surface area contributed by atoms with Crippen molar-refractivity contribution in [3.8, 4) is 6.07 Å². The van der Waals surface area contributed by atoms with Crippen LogP contribution in [0.5, 0.6) is 0 Å². The van der Waals surface area contributed by atoms with E-state index in [9.17, 15) is 5.26 Å². The molecule has 2 aliphatic heterocycles. The van der Waals surface area contributed by atoms with Crippen molar-refractivity contribution >= 4 is 11.5 Å². The normalized spacial score (nSPS) is 19.9. The van der Waals surface area contributed by atoms with Crippen LogP contribution in [0.2, 0.25) is 0 Å². The zero-order valence-electron chi connectivity index (χ0n) is 14.3. The fourth-order valence-corrected chi connectivity index (χ4v) is 3.96. The van der Waals surface area contributed by atoms with E-state index in [2.05, 4.69) is 41.0 Å². The van der Waals surface area contributed by atoms with Gasteiger partial charge in [-0.1, -0.05) is 36.4 Å². The average Bonchev–Trinajstić information content (AvgIpc) is 2.67. The Balaban J connectivity index is 1.69. The second kappa shape index (κ2) is 6.70. The van der Waals surface area contributed by atoms with Crippen molar-refractivity contribution < 1.29 is 0 Å². The lowest BCUT2D eigenvalue weighted by Crippen LogP contribution is -2.48. The molecule has 0 aromatic heterocycles. The molecular weight excluding hydrogens is 308 g/mol. The fourth-order valence-electron chi connectivity index (χ4n) is 3.96. The Bertz CT molecular complexity index is 841. The molecule has 2 aromatic rings. The number of hydrogen-bond donors (Lipinski definition) is 2. The van der Waals surface area contributed by atoms with Crippen molar-refractivity contribution in [3.63, 3.8) is 0 Å². The lowest BCUT2D eigenvalue weighted by atomic mass is 9.71. The second-order valence-corrected chi connectivity index (χ2v) is 6.92. The van der Waals surface area contributed by atoms with Crippen molar-refractivity contribution in [3.05, 3.63) is 65.2 Å². The van der Waals surface area contributed by atoms with E-state index < -0.39 is 0 Å². The Morgan fingerprint density at radius 2 is 1.80 bits per heavy atom. The molecule has 0 atom stereocenters. The molecule has 0 amide bonds. The quantitative estimate of drug-likeness (QED) is 0.886. The van der Waals surface area contributed by atoms with E-state index in [-0.39, 0.29) is 5.41 Å². The van der Waals surface area contributed by atoms with Gasteiger partial charge in [0, 0.05) is 11.1 Å². The summed E-state index contributed by atoms with van der Waals surface area (Å²) in [6.07, 6.45) is 3.22. The Labute approximate surface area is 148 Å². The molecule has 2 aliphatic rings. The van der Waals surface area contributed by atoms with Crippen LogP contribution >= 0.6 is 0 Å². The molecule has 2 aromatic carbocycles. The van der Waals surface area contributed by atoms with Crippen molar-refractivity contribution in [2.45, 2.75) is 25.8 Å². The topological polar surface area (TPSA) is 60.2 Å². The Hall–Kier alpha value is -2.64. The molecule has 2 heterocycles. The molecule has 0 aliphatic carbocycles. The minimum Gasteiger partial charge on any atom is -0.343 e. The molecule has 4 rings (SSSR count). The molecule has 4 heteroatoms. The van der Waals surface area contributed by atoms with E-state index in [0.29, 0.717) is 12.1 Å². The largest absolute Gasteiger partial charge is 0.343 e. The van der Waals surface area contributed by atoms with E-state index in [1.165, 1.54) is 11.3 Å². The highest BCUT2D eigenvalue weighted by atomic mass is 15.0. The van der Waals surface area contributed by atoms with Gasteiger partial charge in [0.15, 0.2) is 0 Å². The summed E-state index contributed by atoms with van der Waals surface area (Å²) in [4.78, 5) is 4.96. The zero-order valence-corrected chi connectivity index (χ0v) is 14.3. The molecule has 2 N–H and O–H groups in total. The molecule has 0 unspecified atom stereocenters. The third-order valence-electron chi connectivity index (χ3n) is 5.41. The van der Waals surface area contributed by atoms with Gasteiger partial charge < -0.3 is 10.6 Å². The smallest absolute Gasteiger partial charge is 0.108 e. The lowest BCUT2D eigenvalue weighted by Gasteiger charge is -2.42. The number of anilines is 1. The summed E-state index contributed by atoms with van der Waals surface area (Å²) in [6, 6.07) is 18.5. The van der Waals surface area contributed by atoms with Crippen LogP contribution in [-0.2, 0) is 13.0 Å². The maximum Gasteiger partial charge on any atom is 0.108 e. The molecule has 1 saturated heterocycles. The standard InChI is InChI=1S/C21H22N4/c22-14-17-6-1-2-7-18(17)15-24-20-21(9-11-23-12-10-21)13-16-5-3-4-8-19(16)25-20/h1-8,23H,9-13,15H2,(H,24,25). The highest BCUT2D eigenvalue weighted by Crippen LogP contribution is 2.40. The number of hydrogen-bond acceptors (Lipinski definition) is 3. The molecule has 25 heavy (non-hydrogen) atoms. The molecule has 0 saturated carbocycles. The van der Waals surface area contributed by atoms with E-state index >= 15 is 0 Å². The molecule has 126 valence electrons. The van der Waals surface area contributed by atoms with Crippen LogP contribution in [-0.4, -0.2) is 18.9 Å². The highest BCUT2D eigenvalue weighted by Gasteiger charge is 2.40. The maximum absolute atomic E-state index is 9.31. The number of nitrogens with zero attached hydrogens (tertiary/aromatic N) is 2. The third kappa shape index (κ3) is 3.04. The average molecular weight is 330 g/mol. The Kier molecular flexibility index (Phi) is 4.25. The monoisotopic (exact) mass is 330 g/mol. The van der Waals surface area contributed by atoms with Gasteiger partial charge in [-0.25, -0.2) is 0 Å². The van der Waals surface area contributed by atoms with Crippen LogP contribution in [0.25, 0.3) is 0 Å². The first-order valence-electron chi connectivity index (χ1n) is 8.89. The molecular formula is C21H22N4. The van der Waals surface area contributed by atoms with Gasteiger partial charge in [-0.05, 0) is 55.6 Å². The van der Waals surface area contributed by atoms with Crippen LogP contribution in [0.4, 0.5) is 5.69 Å². The predicted molar refractivity (Wildman–Crippen MR) is 101 cm³/mol. The highest BCUT2D eigenvalue weighted by molar-refractivity contribution is 6.02. The van der Waals surface area contributed by atoms with E-state index in [0.717, 1.165) is 43.8 Å². The number of aliphatic imine (C=N–C) groups is 1. The summed E-state index contributed by atoms with van der Waals surface area (Å²) in [5.74, 6) is 1.08. The lowest BCUT2D eigenvalue weighted by molar-refractivity contribution is 0.293. The summed E-state index contributed by atoms with van der Waals surface area (Å²) >= 11 is 0. The van der Waals surface area contributed by atoms with Crippen molar-refractivity contribution in [2.24, 2.45) is 10.4 Å². The minimum atomic E-state index is 0.0845. The van der Waals surface area contributed by atoms with Crippen LogP contribution in [0.1, 0.15) is 29.5 Å². The van der Waals surface area contributed by atoms with Crippen molar-refractivity contribution in [1.29, 1.82) is 5.26 Å². The van der Waals surface area contributed by atoms with E-state index in [4.69, 9.17) is 4.99 Å². The summed E-state index contributed by atoms with van der Waals surface area (Å²) < 4.78 is 0. The molecule has 0 radical (unpaired) electrons. The number of nitrogens with one attached hydrogen (secondary N) is 2. The molecule has 1 fully saturated rings. The third-order valence-corrected chi connectivity index (χ3v) is 5.41. The summed E-state index contributed by atoms with van der Waals surface area (Å²) in [5.41, 5.74) is 4.32. The Morgan fingerprint density at radius 3 is 2.64 bits per heavy atom. The summed E-state index contributed by atoms with van der Waals surface area (Å²) in [5, 5.41) is 16.4. The molecule has 0 bridgehead atoms. The molecule has 1 spiro atoms. The fraction of sp³-hybridized carbons (Fsp3) is 0.333. The summed E-state index contributed by atoms with van der Waals surface area (Å²) in [6.45, 7) is 2.60. The zero-order chi connectivity index (χ0) is 17.1. The number of amidine groups is 1. The van der Waals surface area contributed by atoms with Crippen LogP contribution in [0.15, 0.2) is 53.5 Å². The second-order valence-electron chi connectivity index (χ2n) is 6.92. The van der Waals surface area contributed by atoms with Gasteiger partial charge in [0.1, 0.15) is 5.84 Å². The predicted octanol–water partition coefficient (Wildman–Crippen LogP) is 3.49. The molecule has 4 nitrogen and oxygen atoms in total. The van der Waals surface area contributed by atoms with Crippen LogP contribution in [0.3, 0.4) is 0 Å². The van der Waals surface area contributed by atoms with Gasteiger partial charge in [0.25, 0.3) is 0 Å². The maximum atomic E-state index is 9.31. The van der Waals surface area contributed by atoms with E-state index in [1.807, 2.05) is 24.3 Å². The first kappa shape index (κ1) is 15.9. The van der Waals surface area contributed by atoms with Gasteiger partial charge in [-0.15, -0.1) is 0 Å². The summed E-state index contributed by atoms with van der Waals surface area (Å²) in [7, 11) is 0. The van der Waals surface area contributed by atoms with Crippen molar-refractivity contribution in [2.75, 3.05) is 18.4 Å². The number of piperidine rings is 1. The number of fused-ring (bicyclic) bond motifs is 1. The van der Waals surface area contributed by atoms with Gasteiger partial charge in [-0.2, -0.15) is 5.26 Å². The van der Waals surface area contributed by atoms with Gasteiger partial charge in [0.2, 0.25) is 0 Å². The van der Waals surface area contributed by atoms with Crippen LogP contribution < -0.4 is 10.6 Å². The Morgan fingerprint density at radius 1 is 1.04 bits per heavy atom. The van der Waals surface area contributed by atoms with Gasteiger partial charge in [-0.3, -0.25) is 4.99 Å². The first-order valence-corrected chi connectivity index (χ1v) is 8.89. The minimum absolute atomic E-state index is 0.0845. The first-order chi connectivity index (χ1) is 12.3. The van der Waals surface area contributed by atoms with Crippen LogP contribution in [0, 0.1) is 16.7 Å². The number of para-hydroxylation sites is 1. The van der Waals surface area contributed by atoms with Gasteiger partial charge in [0.05, 0.1) is 18.2 Å². The van der Waals surface area contributed by atoms with E-state index in [1.54, 1.807) is 0 Å². The van der Waals surface area contributed by atoms with Gasteiger partial charge >= 0.3 is 0 Å². The number of nitriles is 1. The van der Waals surface area contributed by atoms with Crippen molar-refractivity contribution in [1.82, 2.24) is 5.32 Å². The number of rotatable bonds is 2. The number of benzene rings is 2. The SMILES string of the molecule is N#Cc1ccccc1CN=C1Nc2ccccc2CC12CCNCC2.